The SMILES string of the molecule is CN(CC1CCCO1)C(=O)CCc1ccc(F)cc1. The molecule has 0 N–H and O–H groups in total. The lowest BCUT2D eigenvalue weighted by Gasteiger charge is -2.20. The van der Waals surface area contributed by atoms with E-state index < -0.39 is 0 Å². The number of nitrogens with zero attached hydrogens (tertiary/aromatic N) is 1. The van der Waals surface area contributed by atoms with Crippen molar-refractivity contribution < 1.29 is 13.9 Å². The number of benzene rings is 1. The van der Waals surface area contributed by atoms with Gasteiger partial charge in [0, 0.05) is 26.6 Å². The molecule has 3 nitrogen and oxygen atoms in total. The van der Waals surface area contributed by atoms with E-state index in [1.54, 1.807) is 17.0 Å². The third kappa shape index (κ3) is 4.31. The van der Waals surface area contributed by atoms with Crippen LogP contribution in [-0.2, 0) is 16.0 Å². The van der Waals surface area contributed by atoms with Gasteiger partial charge in [-0.3, -0.25) is 4.79 Å². The van der Waals surface area contributed by atoms with E-state index in [0.29, 0.717) is 19.4 Å². The Morgan fingerprint density at radius 1 is 1.42 bits per heavy atom. The Balaban J connectivity index is 1.75. The van der Waals surface area contributed by atoms with Crippen molar-refractivity contribution in [3.8, 4) is 0 Å². The van der Waals surface area contributed by atoms with Crippen molar-refractivity contribution >= 4 is 5.91 Å². The van der Waals surface area contributed by atoms with Crippen molar-refractivity contribution in [2.75, 3.05) is 20.2 Å². The lowest BCUT2D eigenvalue weighted by atomic mass is 10.1. The first-order valence-corrected chi connectivity index (χ1v) is 6.75. The van der Waals surface area contributed by atoms with E-state index in [4.69, 9.17) is 4.74 Å². The molecule has 0 aliphatic carbocycles. The molecule has 1 unspecified atom stereocenters. The van der Waals surface area contributed by atoms with E-state index >= 15 is 0 Å². The highest BCUT2D eigenvalue weighted by Gasteiger charge is 2.19. The first kappa shape index (κ1) is 14.0. The lowest BCUT2D eigenvalue weighted by Crippen LogP contribution is -2.34. The molecule has 0 aromatic heterocycles. The maximum atomic E-state index is 12.8. The van der Waals surface area contributed by atoms with Crippen LogP contribution >= 0.6 is 0 Å². The summed E-state index contributed by atoms with van der Waals surface area (Å²) in [6.07, 6.45) is 3.42. The molecule has 1 saturated heterocycles. The number of carbonyl (C=O) groups is 1. The predicted molar refractivity (Wildman–Crippen MR) is 71.3 cm³/mol. The maximum absolute atomic E-state index is 12.8. The summed E-state index contributed by atoms with van der Waals surface area (Å²) in [6.45, 7) is 1.48. The molecule has 2 rings (SSSR count). The van der Waals surface area contributed by atoms with E-state index in [2.05, 4.69) is 0 Å². The summed E-state index contributed by atoms with van der Waals surface area (Å²) in [5.74, 6) is -0.134. The van der Waals surface area contributed by atoms with Crippen LogP contribution in [0.25, 0.3) is 0 Å². The number of amides is 1. The highest BCUT2D eigenvalue weighted by molar-refractivity contribution is 5.76. The van der Waals surface area contributed by atoms with Gasteiger partial charge in [-0.1, -0.05) is 12.1 Å². The summed E-state index contributed by atoms with van der Waals surface area (Å²) in [4.78, 5) is 13.7. The van der Waals surface area contributed by atoms with Gasteiger partial charge in [-0.2, -0.15) is 0 Å². The van der Waals surface area contributed by atoms with E-state index in [9.17, 15) is 9.18 Å². The van der Waals surface area contributed by atoms with Crippen molar-refractivity contribution in [2.45, 2.75) is 31.8 Å². The topological polar surface area (TPSA) is 29.5 Å². The Kier molecular flexibility index (Phi) is 4.91. The van der Waals surface area contributed by atoms with Crippen LogP contribution in [0.4, 0.5) is 4.39 Å². The van der Waals surface area contributed by atoms with Crippen LogP contribution in [0.5, 0.6) is 0 Å². The summed E-state index contributed by atoms with van der Waals surface area (Å²) in [5, 5.41) is 0. The molecule has 19 heavy (non-hydrogen) atoms. The molecule has 0 saturated carbocycles. The lowest BCUT2D eigenvalue weighted by molar-refractivity contribution is -0.131. The molecule has 0 spiro atoms. The highest BCUT2D eigenvalue weighted by atomic mass is 19.1. The number of aryl methyl sites for hydroxylation is 1. The molecule has 1 atom stereocenters. The zero-order chi connectivity index (χ0) is 13.7. The molecule has 1 aliphatic rings. The van der Waals surface area contributed by atoms with Crippen LogP contribution in [0.2, 0.25) is 0 Å². The van der Waals surface area contributed by atoms with Crippen molar-refractivity contribution in [3.63, 3.8) is 0 Å². The third-order valence-electron chi connectivity index (χ3n) is 3.47. The summed E-state index contributed by atoms with van der Waals surface area (Å²) in [7, 11) is 1.81. The molecule has 1 aromatic carbocycles. The number of likely N-dealkylation sites (N-methyl/N-ethyl adjacent to an activating group) is 1. The van der Waals surface area contributed by atoms with E-state index in [1.165, 1.54) is 12.1 Å². The number of ether oxygens (including phenoxy) is 1. The first-order chi connectivity index (χ1) is 9.15. The van der Waals surface area contributed by atoms with E-state index in [-0.39, 0.29) is 17.8 Å². The number of rotatable bonds is 5. The normalized spacial score (nSPS) is 18.5. The zero-order valence-corrected chi connectivity index (χ0v) is 11.3. The molecule has 0 bridgehead atoms. The Labute approximate surface area is 113 Å². The summed E-state index contributed by atoms with van der Waals surface area (Å²) < 4.78 is 18.3. The van der Waals surface area contributed by atoms with Gasteiger partial charge in [0.1, 0.15) is 5.82 Å². The second-order valence-electron chi connectivity index (χ2n) is 5.04. The Morgan fingerprint density at radius 2 is 2.16 bits per heavy atom. The summed E-state index contributed by atoms with van der Waals surface area (Å²) >= 11 is 0. The fourth-order valence-electron chi connectivity index (χ4n) is 2.29. The Hall–Kier alpha value is -1.42. The average Bonchev–Trinajstić information content (AvgIpc) is 2.90. The van der Waals surface area contributed by atoms with Crippen molar-refractivity contribution in [2.24, 2.45) is 0 Å². The second kappa shape index (κ2) is 6.66. The van der Waals surface area contributed by atoms with E-state index in [0.717, 1.165) is 25.0 Å². The molecule has 1 fully saturated rings. The highest BCUT2D eigenvalue weighted by Crippen LogP contribution is 2.13. The van der Waals surface area contributed by atoms with Crippen LogP contribution in [0.3, 0.4) is 0 Å². The van der Waals surface area contributed by atoms with E-state index in [1.807, 2.05) is 7.05 Å². The van der Waals surface area contributed by atoms with Crippen molar-refractivity contribution in [3.05, 3.63) is 35.6 Å². The average molecular weight is 265 g/mol. The quantitative estimate of drug-likeness (QED) is 0.818. The van der Waals surface area contributed by atoms with Gasteiger partial charge in [-0.25, -0.2) is 4.39 Å². The van der Waals surface area contributed by atoms with Crippen LogP contribution in [-0.4, -0.2) is 37.1 Å². The van der Waals surface area contributed by atoms with Crippen LogP contribution in [0.15, 0.2) is 24.3 Å². The Morgan fingerprint density at radius 3 is 2.79 bits per heavy atom. The largest absolute Gasteiger partial charge is 0.376 e. The summed E-state index contributed by atoms with van der Waals surface area (Å²) in [5.41, 5.74) is 0.986. The van der Waals surface area contributed by atoms with Crippen molar-refractivity contribution in [1.29, 1.82) is 0 Å². The predicted octanol–water partition coefficient (Wildman–Crippen LogP) is 2.40. The number of carbonyl (C=O) groups excluding carboxylic acids is 1. The molecule has 104 valence electrons. The molecule has 1 heterocycles. The molecular weight excluding hydrogens is 245 g/mol. The third-order valence-corrected chi connectivity index (χ3v) is 3.47. The molecular formula is C15H20FNO2. The van der Waals surface area contributed by atoms with Gasteiger partial charge in [-0.15, -0.1) is 0 Å². The Bertz CT molecular complexity index is 413. The standard InChI is InChI=1S/C15H20FNO2/c1-17(11-14-3-2-10-19-14)15(18)9-6-12-4-7-13(16)8-5-12/h4-5,7-8,14H,2-3,6,9-11H2,1H3. The van der Waals surface area contributed by atoms with Crippen LogP contribution < -0.4 is 0 Å². The second-order valence-corrected chi connectivity index (χ2v) is 5.04. The van der Waals surface area contributed by atoms with Gasteiger partial charge in [0.15, 0.2) is 0 Å². The maximum Gasteiger partial charge on any atom is 0.222 e. The van der Waals surface area contributed by atoms with Crippen molar-refractivity contribution in [1.82, 2.24) is 4.90 Å². The number of hydrogen-bond donors (Lipinski definition) is 0. The van der Waals surface area contributed by atoms with Gasteiger partial charge in [0.25, 0.3) is 0 Å². The fourth-order valence-corrected chi connectivity index (χ4v) is 2.29. The first-order valence-electron chi connectivity index (χ1n) is 6.75. The molecule has 0 radical (unpaired) electrons. The van der Waals surface area contributed by atoms with Gasteiger partial charge in [0.05, 0.1) is 6.10 Å². The van der Waals surface area contributed by atoms with Gasteiger partial charge < -0.3 is 9.64 Å². The van der Waals surface area contributed by atoms with Crippen LogP contribution in [0, 0.1) is 5.82 Å². The smallest absolute Gasteiger partial charge is 0.222 e. The zero-order valence-electron chi connectivity index (χ0n) is 11.3. The minimum absolute atomic E-state index is 0.111. The monoisotopic (exact) mass is 265 g/mol. The number of hydrogen-bond acceptors (Lipinski definition) is 2. The number of halogens is 1. The van der Waals surface area contributed by atoms with Crippen LogP contribution in [0.1, 0.15) is 24.8 Å². The molecule has 1 amide bonds. The summed E-state index contributed by atoms with van der Waals surface area (Å²) in [6, 6.07) is 6.30. The molecule has 1 aromatic rings. The minimum Gasteiger partial charge on any atom is -0.376 e. The van der Waals surface area contributed by atoms with Gasteiger partial charge >= 0.3 is 0 Å². The fraction of sp³-hybridized carbons (Fsp3) is 0.533. The van der Waals surface area contributed by atoms with Gasteiger partial charge in [0.2, 0.25) is 5.91 Å². The minimum atomic E-state index is -0.245. The molecule has 1 aliphatic heterocycles. The van der Waals surface area contributed by atoms with Gasteiger partial charge in [-0.05, 0) is 37.0 Å². The molecule has 4 heteroatoms.